The molecular weight excluding hydrogens is 334 g/mol. The summed E-state index contributed by atoms with van der Waals surface area (Å²) in [5.41, 5.74) is 2.59. The fourth-order valence-corrected chi connectivity index (χ4v) is 2.26. The number of hydrogen-bond acceptors (Lipinski definition) is 4. The van der Waals surface area contributed by atoms with Gasteiger partial charge in [-0.1, -0.05) is 12.1 Å². The largest absolute Gasteiger partial charge is 0.495 e. The molecule has 0 aliphatic rings. The predicted molar refractivity (Wildman–Crippen MR) is 85.8 cm³/mol. The Morgan fingerprint density at radius 2 is 1.86 bits per heavy atom. The van der Waals surface area contributed by atoms with Gasteiger partial charge < -0.3 is 14.8 Å². The second kappa shape index (κ2) is 7.13. The maximum Gasteiger partial charge on any atom is 0.337 e. The van der Waals surface area contributed by atoms with Crippen molar-refractivity contribution in [1.29, 1.82) is 0 Å². The van der Waals surface area contributed by atoms with E-state index in [0.29, 0.717) is 12.1 Å². The number of carbonyl (C=O) groups is 1. The third kappa shape index (κ3) is 3.98. The number of esters is 1. The van der Waals surface area contributed by atoms with E-state index in [1.54, 1.807) is 19.2 Å². The zero-order chi connectivity index (χ0) is 15.2. The van der Waals surface area contributed by atoms with E-state index in [1.807, 2.05) is 30.3 Å². The highest BCUT2D eigenvalue weighted by Crippen LogP contribution is 2.28. The summed E-state index contributed by atoms with van der Waals surface area (Å²) in [5.74, 6) is 0.452. The number of ether oxygens (including phenoxy) is 2. The summed E-state index contributed by atoms with van der Waals surface area (Å²) in [6, 6.07) is 13.1. The van der Waals surface area contributed by atoms with Gasteiger partial charge in [0.25, 0.3) is 0 Å². The molecule has 2 rings (SSSR count). The second-order valence-corrected chi connectivity index (χ2v) is 5.25. The van der Waals surface area contributed by atoms with E-state index in [0.717, 1.165) is 21.5 Å². The van der Waals surface area contributed by atoms with Crippen LogP contribution in [0.25, 0.3) is 0 Å². The zero-order valence-corrected chi connectivity index (χ0v) is 13.4. The average Bonchev–Trinajstić information content (AvgIpc) is 2.53. The van der Waals surface area contributed by atoms with Gasteiger partial charge in [0, 0.05) is 18.3 Å². The van der Waals surface area contributed by atoms with E-state index >= 15 is 0 Å². The third-order valence-electron chi connectivity index (χ3n) is 3.02. The van der Waals surface area contributed by atoms with Gasteiger partial charge in [0.15, 0.2) is 0 Å². The molecule has 1 N–H and O–H groups in total. The van der Waals surface area contributed by atoms with E-state index in [-0.39, 0.29) is 5.97 Å². The number of methoxy groups -OCH3 is 2. The monoisotopic (exact) mass is 349 g/mol. The summed E-state index contributed by atoms with van der Waals surface area (Å²) in [5, 5.41) is 3.31. The lowest BCUT2D eigenvalue weighted by Crippen LogP contribution is -2.03. The van der Waals surface area contributed by atoms with Gasteiger partial charge in [-0.15, -0.1) is 0 Å². The van der Waals surface area contributed by atoms with Gasteiger partial charge in [-0.25, -0.2) is 4.79 Å². The molecule has 0 bridgehead atoms. The molecule has 0 aliphatic carbocycles. The van der Waals surface area contributed by atoms with Crippen LogP contribution in [0.1, 0.15) is 15.9 Å². The SMILES string of the molecule is COC(=O)c1ccc(CNc2ccc(Br)c(OC)c2)cc1. The fourth-order valence-electron chi connectivity index (χ4n) is 1.85. The van der Waals surface area contributed by atoms with Gasteiger partial charge in [-0.3, -0.25) is 0 Å². The van der Waals surface area contributed by atoms with Crippen molar-refractivity contribution in [1.82, 2.24) is 0 Å². The smallest absolute Gasteiger partial charge is 0.337 e. The molecule has 0 atom stereocenters. The van der Waals surface area contributed by atoms with Gasteiger partial charge in [0.2, 0.25) is 0 Å². The minimum atomic E-state index is -0.327. The lowest BCUT2D eigenvalue weighted by atomic mass is 10.1. The minimum Gasteiger partial charge on any atom is -0.495 e. The molecule has 0 radical (unpaired) electrons. The summed E-state index contributed by atoms with van der Waals surface area (Å²) in [7, 11) is 3.01. The van der Waals surface area contributed by atoms with Gasteiger partial charge in [0.1, 0.15) is 5.75 Å². The maximum atomic E-state index is 11.4. The molecule has 0 saturated carbocycles. The van der Waals surface area contributed by atoms with Crippen molar-refractivity contribution < 1.29 is 14.3 Å². The summed E-state index contributed by atoms with van der Waals surface area (Å²) >= 11 is 3.42. The van der Waals surface area contributed by atoms with Crippen molar-refractivity contribution in [2.75, 3.05) is 19.5 Å². The van der Waals surface area contributed by atoms with Crippen LogP contribution in [-0.2, 0) is 11.3 Å². The number of nitrogens with one attached hydrogen (secondary N) is 1. The van der Waals surface area contributed by atoms with Crippen LogP contribution in [0, 0.1) is 0 Å². The van der Waals surface area contributed by atoms with Crippen LogP contribution >= 0.6 is 15.9 Å². The van der Waals surface area contributed by atoms with Gasteiger partial charge in [-0.05, 0) is 45.8 Å². The lowest BCUT2D eigenvalue weighted by Gasteiger charge is -2.10. The fraction of sp³-hybridized carbons (Fsp3) is 0.188. The molecule has 0 aliphatic heterocycles. The van der Waals surface area contributed by atoms with Crippen molar-refractivity contribution >= 4 is 27.6 Å². The van der Waals surface area contributed by atoms with Crippen LogP contribution < -0.4 is 10.1 Å². The van der Waals surface area contributed by atoms with Crippen LogP contribution in [0.15, 0.2) is 46.9 Å². The van der Waals surface area contributed by atoms with Crippen LogP contribution in [0.2, 0.25) is 0 Å². The molecule has 2 aromatic rings. The predicted octanol–water partition coefficient (Wildman–Crippen LogP) is 3.86. The first-order valence-corrected chi connectivity index (χ1v) is 7.18. The van der Waals surface area contributed by atoms with Crippen molar-refractivity contribution in [2.45, 2.75) is 6.54 Å². The van der Waals surface area contributed by atoms with Crippen LogP contribution in [-0.4, -0.2) is 20.2 Å². The number of halogens is 1. The molecule has 0 unspecified atom stereocenters. The average molecular weight is 350 g/mol. The number of hydrogen-bond donors (Lipinski definition) is 1. The highest BCUT2D eigenvalue weighted by atomic mass is 79.9. The Bertz CT molecular complexity index is 626. The molecule has 2 aromatic carbocycles. The number of carbonyl (C=O) groups excluding carboxylic acids is 1. The van der Waals surface area contributed by atoms with Gasteiger partial charge >= 0.3 is 5.97 Å². The quantitative estimate of drug-likeness (QED) is 0.832. The van der Waals surface area contributed by atoms with Crippen LogP contribution in [0.5, 0.6) is 5.75 Å². The molecular formula is C16H16BrNO3. The summed E-state index contributed by atoms with van der Waals surface area (Å²) in [6.07, 6.45) is 0. The van der Waals surface area contributed by atoms with E-state index in [4.69, 9.17) is 4.74 Å². The summed E-state index contributed by atoms with van der Waals surface area (Å²) in [4.78, 5) is 11.4. The molecule has 0 heterocycles. The number of anilines is 1. The van der Waals surface area contributed by atoms with E-state index in [1.165, 1.54) is 7.11 Å². The Balaban J connectivity index is 2.01. The molecule has 0 aromatic heterocycles. The summed E-state index contributed by atoms with van der Waals surface area (Å²) < 4.78 is 10.8. The van der Waals surface area contributed by atoms with Crippen molar-refractivity contribution in [3.63, 3.8) is 0 Å². The van der Waals surface area contributed by atoms with Crippen LogP contribution in [0.4, 0.5) is 5.69 Å². The first-order valence-electron chi connectivity index (χ1n) is 6.38. The van der Waals surface area contributed by atoms with Gasteiger partial charge in [-0.2, -0.15) is 0 Å². The molecule has 21 heavy (non-hydrogen) atoms. The van der Waals surface area contributed by atoms with E-state index in [2.05, 4.69) is 26.0 Å². The first-order chi connectivity index (χ1) is 10.1. The highest BCUT2D eigenvalue weighted by molar-refractivity contribution is 9.10. The topological polar surface area (TPSA) is 47.6 Å². The minimum absolute atomic E-state index is 0.327. The number of rotatable bonds is 5. The van der Waals surface area contributed by atoms with Crippen LogP contribution in [0.3, 0.4) is 0 Å². The molecule has 5 heteroatoms. The highest BCUT2D eigenvalue weighted by Gasteiger charge is 2.05. The Morgan fingerprint density at radius 3 is 2.48 bits per heavy atom. The number of benzene rings is 2. The Hall–Kier alpha value is -2.01. The van der Waals surface area contributed by atoms with Crippen molar-refractivity contribution in [2.24, 2.45) is 0 Å². The maximum absolute atomic E-state index is 11.4. The molecule has 0 fully saturated rings. The molecule has 0 spiro atoms. The molecule has 0 amide bonds. The Kier molecular flexibility index (Phi) is 5.22. The Morgan fingerprint density at radius 1 is 1.14 bits per heavy atom. The summed E-state index contributed by atoms with van der Waals surface area (Å²) in [6.45, 7) is 0.659. The Labute approximate surface area is 132 Å². The molecule has 0 saturated heterocycles. The molecule has 110 valence electrons. The zero-order valence-electron chi connectivity index (χ0n) is 11.9. The standard InChI is InChI=1S/C16H16BrNO3/c1-20-15-9-13(7-8-14(15)17)18-10-11-3-5-12(6-4-11)16(19)21-2/h3-9,18H,10H2,1-2H3. The van der Waals surface area contributed by atoms with Gasteiger partial charge in [0.05, 0.1) is 24.3 Å². The lowest BCUT2D eigenvalue weighted by molar-refractivity contribution is 0.0600. The second-order valence-electron chi connectivity index (χ2n) is 4.39. The third-order valence-corrected chi connectivity index (χ3v) is 3.68. The van der Waals surface area contributed by atoms with Crippen molar-refractivity contribution in [3.8, 4) is 5.75 Å². The van der Waals surface area contributed by atoms with Crippen molar-refractivity contribution in [3.05, 3.63) is 58.1 Å². The first kappa shape index (κ1) is 15.4. The van der Waals surface area contributed by atoms with E-state index < -0.39 is 0 Å². The van der Waals surface area contributed by atoms with E-state index in [9.17, 15) is 4.79 Å². The normalized spacial score (nSPS) is 10.0. The molecule has 4 nitrogen and oxygen atoms in total.